The van der Waals surface area contributed by atoms with E-state index in [9.17, 15) is 24.6 Å². The van der Waals surface area contributed by atoms with Gasteiger partial charge >= 0.3 is 5.97 Å². The van der Waals surface area contributed by atoms with Crippen molar-refractivity contribution in [2.24, 2.45) is 34.5 Å². The number of rotatable bonds is 4. The van der Waals surface area contributed by atoms with E-state index < -0.39 is 30.2 Å². The third kappa shape index (κ3) is 3.41. The Kier molecular flexibility index (Phi) is 5.80. The van der Waals surface area contributed by atoms with E-state index in [1.54, 1.807) is 30.3 Å². The van der Waals surface area contributed by atoms with Gasteiger partial charge in [0.1, 0.15) is 12.7 Å². The van der Waals surface area contributed by atoms with E-state index in [0.29, 0.717) is 12.0 Å². The van der Waals surface area contributed by atoms with E-state index in [-0.39, 0.29) is 47.1 Å². The fourth-order valence-corrected chi connectivity index (χ4v) is 8.28. The molecule has 1 aromatic rings. The van der Waals surface area contributed by atoms with Crippen molar-refractivity contribution in [1.29, 1.82) is 0 Å². The van der Waals surface area contributed by atoms with Gasteiger partial charge < -0.3 is 14.9 Å². The smallest absolute Gasteiger partial charge is 0.338 e. The van der Waals surface area contributed by atoms with Crippen molar-refractivity contribution in [1.82, 2.24) is 0 Å². The molecule has 0 amide bonds. The Morgan fingerprint density at radius 3 is 2.56 bits per heavy atom. The topological polar surface area (TPSA) is 101 Å². The average molecular weight is 467 g/mol. The summed E-state index contributed by atoms with van der Waals surface area (Å²) in [4.78, 5) is 38.1. The second-order valence-electron chi connectivity index (χ2n) is 11.2. The lowest BCUT2D eigenvalue weighted by molar-refractivity contribution is -0.163. The molecule has 0 bridgehead atoms. The molecule has 6 nitrogen and oxygen atoms in total. The zero-order valence-electron chi connectivity index (χ0n) is 19.9. The number of aliphatic hydroxyl groups is 2. The van der Waals surface area contributed by atoms with Gasteiger partial charge in [0.25, 0.3) is 0 Å². The molecule has 2 N–H and O–H groups in total. The quantitative estimate of drug-likeness (QED) is 0.659. The standard InChI is InChI=1S/C28H34O6/c1-27-14-22(31)25-19(20(27)10-11-21(27)23(32)15-29)9-8-17-12-18(30)13-24(28(17,25)2)34-26(33)16-6-4-3-5-7-16/h3-7,12,19-22,24-25,29,31H,8-11,13-15H2,1-2H3/t19-,20-,21+,22-,24?,25+,27-,28+/m0/s1. The molecule has 6 heteroatoms. The predicted molar refractivity (Wildman–Crippen MR) is 125 cm³/mol. The zero-order chi connectivity index (χ0) is 24.3. The van der Waals surface area contributed by atoms with Crippen molar-refractivity contribution in [2.75, 3.05) is 6.61 Å². The van der Waals surface area contributed by atoms with E-state index in [4.69, 9.17) is 4.74 Å². The fourth-order valence-electron chi connectivity index (χ4n) is 8.28. The van der Waals surface area contributed by atoms with E-state index in [1.807, 2.05) is 6.07 Å². The van der Waals surface area contributed by atoms with Crippen LogP contribution in [0, 0.1) is 34.5 Å². The number of hydrogen-bond acceptors (Lipinski definition) is 6. The van der Waals surface area contributed by atoms with E-state index in [0.717, 1.165) is 31.3 Å². The van der Waals surface area contributed by atoms with E-state index in [2.05, 4.69) is 13.8 Å². The van der Waals surface area contributed by atoms with Gasteiger partial charge in [0.15, 0.2) is 11.6 Å². The van der Waals surface area contributed by atoms with Crippen LogP contribution in [0.25, 0.3) is 0 Å². The Morgan fingerprint density at radius 2 is 1.85 bits per heavy atom. The first-order valence-corrected chi connectivity index (χ1v) is 12.5. The van der Waals surface area contributed by atoms with Crippen LogP contribution in [0.15, 0.2) is 42.0 Å². The number of hydrogen-bond donors (Lipinski definition) is 2. The van der Waals surface area contributed by atoms with Gasteiger partial charge in [-0.1, -0.05) is 37.6 Å². The first kappa shape index (κ1) is 23.4. The number of benzene rings is 1. The van der Waals surface area contributed by atoms with Gasteiger partial charge in [0.05, 0.1) is 11.7 Å². The molecule has 0 heterocycles. The largest absolute Gasteiger partial charge is 0.457 e. The van der Waals surface area contributed by atoms with Crippen molar-refractivity contribution in [2.45, 2.75) is 64.6 Å². The minimum Gasteiger partial charge on any atom is -0.457 e. The molecule has 4 aliphatic rings. The third-order valence-electron chi connectivity index (χ3n) is 9.78. The maximum atomic E-state index is 13.0. The van der Waals surface area contributed by atoms with Gasteiger partial charge in [0.2, 0.25) is 0 Å². The van der Waals surface area contributed by atoms with Gasteiger partial charge in [0, 0.05) is 23.7 Å². The molecule has 1 unspecified atom stereocenters. The number of ketones is 2. The molecule has 3 saturated carbocycles. The Labute approximate surface area is 200 Å². The summed E-state index contributed by atoms with van der Waals surface area (Å²) in [5.74, 6) is -0.593. The molecule has 34 heavy (non-hydrogen) atoms. The normalized spacial score (nSPS) is 41.1. The molecular weight excluding hydrogens is 432 g/mol. The molecule has 1 aromatic carbocycles. The summed E-state index contributed by atoms with van der Waals surface area (Å²) < 4.78 is 6.03. The lowest BCUT2D eigenvalue weighted by Crippen LogP contribution is -2.61. The molecule has 0 radical (unpaired) electrons. The Hall–Kier alpha value is -2.31. The number of fused-ring (bicyclic) bond motifs is 5. The summed E-state index contributed by atoms with van der Waals surface area (Å²) >= 11 is 0. The number of Topliss-reactive ketones (excluding diaryl/α,β-unsaturated/α-hetero) is 1. The van der Waals surface area contributed by atoms with Crippen LogP contribution in [0.3, 0.4) is 0 Å². The van der Waals surface area contributed by atoms with Gasteiger partial charge in [-0.15, -0.1) is 0 Å². The minimum absolute atomic E-state index is 0.0404. The summed E-state index contributed by atoms with van der Waals surface area (Å²) in [6.45, 7) is 3.71. The first-order valence-electron chi connectivity index (χ1n) is 12.5. The van der Waals surface area contributed by atoms with Crippen molar-refractivity contribution in [3.05, 3.63) is 47.5 Å². The highest BCUT2D eigenvalue weighted by Crippen LogP contribution is 2.67. The molecule has 0 saturated heterocycles. The summed E-state index contributed by atoms with van der Waals surface area (Å²) in [6.07, 6.45) is 4.18. The monoisotopic (exact) mass is 466 g/mol. The number of carbonyl (C=O) groups is 3. The molecular formula is C28H34O6. The highest BCUT2D eigenvalue weighted by molar-refractivity contribution is 5.94. The molecule has 0 aromatic heterocycles. The van der Waals surface area contributed by atoms with E-state index in [1.165, 1.54) is 0 Å². The van der Waals surface area contributed by atoms with Crippen LogP contribution in [0.5, 0.6) is 0 Å². The van der Waals surface area contributed by atoms with Crippen molar-refractivity contribution in [3.63, 3.8) is 0 Å². The predicted octanol–water partition coefficient (Wildman–Crippen LogP) is 3.50. The SMILES string of the molecule is C[C@]12C[C@H](O)[C@H]3[C@@H](CCC4=CC(=O)CC(OC(=O)c5ccccc5)[C@@]43C)[C@@H]1CC[C@@H]2C(=O)CO. The molecule has 5 rings (SSSR count). The van der Waals surface area contributed by atoms with Crippen LogP contribution in [-0.2, 0) is 14.3 Å². The molecule has 0 aliphatic heterocycles. The molecule has 0 spiro atoms. The Bertz CT molecular complexity index is 1030. The lowest BCUT2D eigenvalue weighted by atomic mass is 9.45. The van der Waals surface area contributed by atoms with Crippen LogP contribution in [0.1, 0.15) is 62.7 Å². The third-order valence-corrected chi connectivity index (χ3v) is 9.78. The van der Waals surface area contributed by atoms with Crippen LogP contribution in [0.4, 0.5) is 0 Å². The Balaban J connectivity index is 1.50. The first-order chi connectivity index (χ1) is 16.2. The highest BCUT2D eigenvalue weighted by Gasteiger charge is 2.65. The van der Waals surface area contributed by atoms with Gasteiger partial charge in [-0.3, -0.25) is 9.59 Å². The van der Waals surface area contributed by atoms with Crippen LogP contribution < -0.4 is 0 Å². The van der Waals surface area contributed by atoms with Crippen LogP contribution in [-0.4, -0.2) is 46.6 Å². The summed E-state index contributed by atoms with van der Waals surface area (Å²) in [5.41, 5.74) is 0.430. The molecule has 8 atom stereocenters. The minimum atomic E-state index is -0.682. The molecule has 4 aliphatic carbocycles. The summed E-state index contributed by atoms with van der Waals surface area (Å²) in [7, 11) is 0. The number of aliphatic hydroxyl groups excluding tert-OH is 2. The number of carbonyl (C=O) groups excluding carboxylic acids is 3. The summed E-state index contributed by atoms with van der Waals surface area (Å²) in [5, 5.41) is 21.1. The molecule has 3 fully saturated rings. The number of esters is 1. The maximum absolute atomic E-state index is 13.0. The zero-order valence-corrected chi connectivity index (χ0v) is 19.9. The van der Waals surface area contributed by atoms with Crippen LogP contribution >= 0.6 is 0 Å². The highest BCUT2D eigenvalue weighted by atomic mass is 16.5. The summed E-state index contributed by atoms with van der Waals surface area (Å²) in [6, 6.07) is 8.80. The second kappa shape index (κ2) is 8.42. The Morgan fingerprint density at radius 1 is 1.12 bits per heavy atom. The number of ether oxygens (including phenoxy) is 1. The van der Waals surface area contributed by atoms with Crippen LogP contribution in [0.2, 0.25) is 0 Å². The van der Waals surface area contributed by atoms with Crippen molar-refractivity contribution in [3.8, 4) is 0 Å². The van der Waals surface area contributed by atoms with Crippen molar-refractivity contribution < 1.29 is 29.3 Å². The van der Waals surface area contributed by atoms with Gasteiger partial charge in [-0.2, -0.15) is 0 Å². The maximum Gasteiger partial charge on any atom is 0.338 e. The van der Waals surface area contributed by atoms with Crippen molar-refractivity contribution >= 4 is 17.5 Å². The van der Waals surface area contributed by atoms with E-state index >= 15 is 0 Å². The average Bonchev–Trinajstić information content (AvgIpc) is 3.16. The fraction of sp³-hybridized carbons (Fsp3) is 0.607. The molecule has 182 valence electrons. The second-order valence-corrected chi connectivity index (χ2v) is 11.2. The van der Waals surface area contributed by atoms with Gasteiger partial charge in [-0.25, -0.2) is 4.79 Å². The lowest BCUT2D eigenvalue weighted by Gasteiger charge is -2.60. The van der Waals surface area contributed by atoms with Gasteiger partial charge in [-0.05, 0) is 67.6 Å².